The van der Waals surface area contributed by atoms with Crippen molar-refractivity contribution in [3.63, 3.8) is 0 Å². The monoisotopic (exact) mass is 268 g/mol. The smallest absolute Gasteiger partial charge is 0.0351 e. The third kappa shape index (κ3) is 20.2. The van der Waals surface area contributed by atoms with Gasteiger partial charge in [0.2, 0.25) is 0 Å². The van der Waals surface area contributed by atoms with Crippen molar-refractivity contribution >= 4 is 0 Å². The molecule has 0 saturated heterocycles. The molecule has 0 rings (SSSR count). The molecule has 0 aliphatic heterocycles. The summed E-state index contributed by atoms with van der Waals surface area (Å²) in [6, 6.07) is 0. The standard InChI is InChI=1S/C18H35.H3N/c1-3-5-7-9-11-13-15-17-18-16-14-12-10-8-6-4-2;/h17-18H,1,3-16H2,2H3;1H3/b18-17-;. The van der Waals surface area contributed by atoms with E-state index in [2.05, 4.69) is 26.0 Å². The molecule has 115 valence electrons. The van der Waals surface area contributed by atoms with Crippen molar-refractivity contribution in [1.29, 1.82) is 0 Å². The van der Waals surface area contributed by atoms with E-state index in [1.807, 2.05) is 0 Å². The third-order valence-corrected chi connectivity index (χ3v) is 3.51. The van der Waals surface area contributed by atoms with Crippen molar-refractivity contribution in [3.8, 4) is 0 Å². The Hall–Kier alpha value is -0.300. The molecule has 19 heavy (non-hydrogen) atoms. The van der Waals surface area contributed by atoms with Gasteiger partial charge in [-0.05, 0) is 25.7 Å². The Labute approximate surface area is 122 Å². The Bertz CT molecular complexity index is 145. The largest absolute Gasteiger partial charge is 0.344 e. The van der Waals surface area contributed by atoms with Gasteiger partial charge in [-0.2, -0.15) is 0 Å². The van der Waals surface area contributed by atoms with Crippen LogP contribution < -0.4 is 6.15 Å². The highest BCUT2D eigenvalue weighted by atomic mass is 14.0. The molecular formula is C18H38N. The van der Waals surface area contributed by atoms with Crippen molar-refractivity contribution in [2.45, 2.75) is 96.8 Å². The Kier molecular flexibility index (Phi) is 22.1. The van der Waals surface area contributed by atoms with Crippen LogP contribution in [0.4, 0.5) is 0 Å². The molecule has 0 heterocycles. The zero-order valence-electron chi connectivity index (χ0n) is 13.5. The minimum atomic E-state index is 0. The van der Waals surface area contributed by atoms with Gasteiger partial charge in [-0.15, -0.1) is 0 Å². The maximum Gasteiger partial charge on any atom is -0.0351 e. The lowest BCUT2D eigenvalue weighted by atomic mass is 10.1. The maximum atomic E-state index is 3.87. The number of rotatable bonds is 14. The third-order valence-electron chi connectivity index (χ3n) is 3.51. The summed E-state index contributed by atoms with van der Waals surface area (Å²) in [5, 5.41) is 0. The molecule has 0 aliphatic rings. The van der Waals surface area contributed by atoms with Crippen LogP contribution in [0.1, 0.15) is 96.8 Å². The summed E-state index contributed by atoms with van der Waals surface area (Å²) in [7, 11) is 0. The first-order valence-corrected chi connectivity index (χ1v) is 8.36. The van der Waals surface area contributed by atoms with Gasteiger partial charge in [0, 0.05) is 0 Å². The minimum Gasteiger partial charge on any atom is -0.344 e. The predicted octanol–water partition coefficient (Wildman–Crippen LogP) is 7.02. The van der Waals surface area contributed by atoms with Crippen LogP contribution in [-0.2, 0) is 0 Å². The van der Waals surface area contributed by atoms with Gasteiger partial charge in [0.15, 0.2) is 0 Å². The van der Waals surface area contributed by atoms with E-state index in [1.54, 1.807) is 0 Å². The lowest BCUT2D eigenvalue weighted by molar-refractivity contribution is 0.609. The summed E-state index contributed by atoms with van der Waals surface area (Å²) in [4.78, 5) is 0. The molecule has 0 spiro atoms. The van der Waals surface area contributed by atoms with Crippen molar-refractivity contribution in [3.05, 3.63) is 19.1 Å². The Morgan fingerprint density at radius 1 is 0.632 bits per heavy atom. The molecule has 0 saturated carbocycles. The van der Waals surface area contributed by atoms with Gasteiger partial charge in [-0.3, -0.25) is 0 Å². The lowest BCUT2D eigenvalue weighted by Gasteiger charge is -1.98. The van der Waals surface area contributed by atoms with Crippen LogP contribution in [0.2, 0.25) is 0 Å². The lowest BCUT2D eigenvalue weighted by Crippen LogP contribution is -1.79. The molecule has 0 aromatic rings. The van der Waals surface area contributed by atoms with Gasteiger partial charge in [0.05, 0.1) is 0 Å². The van der Waals surface area contributed by atoms with Crippen molar-refractivity contribution in [2.75, 3.05) is 0 Å². The Morgan fingerprint density at radius 3 is 1.53 bits per heavy atom. The molecular weight excluding hydrogens is 230 g/mol. The fourth-order valence-corrected chi connectivity index (χ4v) is 2.25. The molecule has 0 atom stereocenters. The summed E-state index contributed by atoms with van der Waals surface area (Å²) in [5.41, 5.74) is 0. The first-order chi connectivity index (χ1) is 8.91. The van der Waals surface area contributed by atoms with Gasteiger partial charge >= 0.3 is 0 Å². The first-order valence-electron chi connectivity index (χ1n) is 8.36. The van der Waals surface area contributed by atoms with Crippen LogP contribution in [-0.4, -0.2) is 0 Å². The fourth-order valence-electron chi connectivity index (χ4n) is 2.25. The van der Waals surface area contributed by atoms with E-state index in [0.29, 0.717) is 0 Å². The first kappa shape index (κ1) is 21.0. The molecule has 0 fully saturated rings. The molecule has 0 amide bonds. The van der Waals surface area contributed by atoms with Crippen LogP contribution in [0.3, 0.4) is 0 Å². The zero-order chi connectivity index (χ0) is 13.3. The average Bonchev–Trinajstić information content (AvgIpc) is 2.39. The van der Waals surface area contributed by atoms with E-state index < -0.39 is 0 Å². The van der Waals surface area contributed by atoms with Gasteiger partial charge in [-0.25, -0.2) is 0 Å². The van der Waals surface area contributed by atoms with E-state index >= 15 is 0 Å². The van der Waals surface area contributed by atoms with Crippen LogP contribution in [0.5, 0.6) is 0 Å². The Morgan fingerprint density at radius 2 is 1.05 bits per heavy atom. The summed E-state index contributed by atoms with van der Waals surface area (Å²) in [5.74, 6) is 0. The van der Waals surface area contributed by atoms with Gasteiger partial charge in [-0.1, -0.05) is 90.2 Å². The molecule has 0 aliphatic carbocycles. The highest BCUT2D eigenvalue weighted by Gasteiger charge is 1.89. The fraction of sp³-hybridized carbons (Fsp3) is 0.833. The molecule has 1 nitrogen and oxygen atoms in total. The van der Waals surface area contributed by atoms with E-state index in [4.69, 9.17) is 0 Å². The van der Waals surface area contributed by atoms with E-state index in [9.17, 15) is 0 Å². The van der Waals surface area contributed by atoms with Crippen molar-refractivity contribution in [1.82, 2.24) is 6.15 Å². The molecule has 0 unspecified atom stereocenters. The highest BCUT2D eigenvalue weighted by Crippen LogP contribution is 2.09. The number of unbranched alkanes of at least 4 members (excludes halogenated alkanes) is 12. The number of hydrogen-bond acceptors (Lipinski definition) is 1. The molecule has 1 heteroatoms. The normalized spacial score (nSPS) is 10.8. The van der Waals surface area contributed by atoms with Gasteiger partial charge < -0.3 is 6.15 Å². The van der Waals surface area contributed by atoms with Crippen LogP contribution in [0.25, 0.3) is 0 Å². The second-order valence-corrected chi connectivity index (χ2v) is 5.44. The van der Waals surface area contributed by atoms with Gasteiger partial charge in [0.1, 0.15) is 0 Å². The van der Waals surface area contributed by atoms with Crippen LogP contribution in [0, 0.1) is 6.92 Å². The number of hydrogen-bond donors (Lipinski definition) is 1. The molecule has 0 aromatic carbocycles. The average molecular weight is 269 g/mol. The van der Waals surface area contributed by atoms with Crippen molar-refractivity contribution in [2.24, 2.45) is 0 Å². The summed E-state index contributed by atoms with van der Waals surface area (Å²) >= 11 is 0. The maximum absolute atomic E-state index is 3.87. The second-order valence-electron chi connectivity index (χ2n) is 5.44. The molecule has 0 aromatic heterocycles. The van der Waals surface area contributed by atoms with E-state index in [1.165, 1.54) is 83.5 Å². The van der Waals surface area contributed by atoms with E-state index in [0.717, 1.165) is 6.42 Å². The minimum absolute atomic E-state index is 0. The van der Waals surface area contributed by atoms with Gasteiger partial charge in [0.25, 0.3) is 0 Å². The SMILES string of the molecule is N.[CH2]CCCCCCC/C=C\CCCCCCCC. The van der Waals surface area contributed by atoms with Crippen LogP contribution in [0.15, 0.2) is 12.2 Å². The zero-order valence-corrected chi connectivity index (χ0v) is 13.5. The highest BCUT2D eigenvalue weighted by molar-refractivity contribution is 4.81. The molecule has 0 bridgehead atoms. The summed E-state index contributed by atoms with van der Waals surface area (Å²) < 4.78 is 0. The predicted molar refractivity (Wildman–Crippen MR) is 89.8 cm³/mol. The summed E-state index contributed by atoms with van der Waals surface area (Å²) in [6.45, 7) is 6.15. The molecule has 3 N–H and O–H groups in total. The molecule has 1 radical (unpaired) electrons. The number of allylic oxidation sites excluding steroid dienone is 2. The van der Waals surface area contributed by atoms with Crippen LogP contribution >= 0.6 is 0 Å². The second kappa shape index (κ2) is 20.0. The Balaban J connectivity index is 0. The van der Waals surface area contributed by atoms with Crippen molar-refractivity contribution < 1.29 is 0 Å². The van der Waals surface area contributed by atoms with E-state index in [-0.39, 0.29) is 6.15 Å². The quantitative estimate of drug-likeness (QED) is 0.266. The summed E-state index contributed by atoms with van der Waals surface area (Å²) in [6.07, 6.45) is 23.8. The topological polar surface area (TPSA) is 35.0 Å².